The van der Waals surface area contributed by atoms with Gasteiger partial charge >= 0.3 is 0 Å². The van der Waals surface area contributed by atoms with Gasteiger partial charge in [-0.3, -0.25) is 0 Å². The molecule has 0 spiro atoms. The molecule has 0 aliphatic carbocycles. The van der Waals surface area contributed by atoms with E-state index in [9.17, 15) is 10.2 Å². The number of hydrogen-bond acceptors (Lipinski definition) is 2. The van der Waals surface area contributed by atoms with Gasteiger partial charge in [-0.05, 0) is 96.7 Å². The molecule has 4 aliphatic heterocycles. The van der Waals surface area contributed by atoms with Crippen LogP contribution in [-0.2, 0) is 0 Å². The first-order valence-corrected chi connectivity index (χ1v) is 19.4. The van der Waals surface area contributed by atoms with E-state index in [1.807, 2.05) is 0 Å². The van der Waals surface area contributed by atoms with E-state index in [1.54, 1.807) is 0 Å². The van der Waals surface area contributed by atoms with Crippen molar-refractivity contribution in [2.75, 3.05) is 12.3 Å². The van der Waals surface area contributed by atoms with Gasteiger partial charge in [-0.2, -0.15) is 0 Å². The van der Waals surface area contributed by atoms with Crippen LogP contribution in [0.4, 0.5) is 0 Å². The quantitative estimate of drug-likeness (QED) is 0.198. The topological polar surface area (TPSA) is 40.5 Å². The minimum Gasteiger partial charge on any atom is -0.385 e. The lowest BCUT2D eigenvalue weighted by Gasteiger charge is -2.37. The molecule has 0 amide bonds. The number of aliphatic hydroxyl groups excluding tert-OH is 2. The van der Waals surface area contributed by atoms with Crippen LogP contribution in [0, 0.1) is 10.8 Å². The third kappa shape index (κ3) is 4.24. The third-order valence-electron chi connectivity index (χ3n) is 11.1. The Labute approximate surface area is 275 Å². The Morgan fingerprint density at radius 2 is 0.761 bits per heavy atom. The van der Waals surface area contributed by atoms with Gasteiger partial charge in [0.25, 0.3) is 0 Å². The van der Waals surface area contributed by atoms with Crippen molar-refractivity contribution in [3.63, 3.8) is 0 Å². The van der Waals surface area contributed by atoms with Crippen molar-refractivity contribution in [1.29, 1.82) is 0 Å². The molecule has 4 heterocycles. The number of allylic oxidation sites excluding steroid dienone is 4. The van der Waals surface area contributed by atoms with Gasteiger partial charge in [-0.25, -0.2) is 0 Å². The normalized spacial score (nSPS) is 28.1. The van der Waals surface area contributed by atoms with E-state index in [0.717, 1.165) is 34.1 Å². The van der Waals surface area contributed by atoms with Crippen LogP contribution in [0.15, 0.2) is 143 Å². The van der Waals surface area contributed by atoms with E-state index in [2.05, 4.69) is 149 Å². The van der Waals surface area contributed by atoms with Crippen molar-refractivity contribution in [3.8, 4) is 0 Å². The minimum atomic E-state index is -0.994. The van der Waals surface area contributed by atoms with Crippen molar-refractivity contribution in [2.45, 2.75) is 39.9 Å². The Morgan fingerprint density at radius 1 is 0.478 bits per heavy atom. The number of benzene rings is 4. The largest absolute Gasteiger partial charge is 0.385 e. The van der Waals surface area contributed by atoms with Crippen LogP contribution < -0.4 is 0 Å². The van der Waals surface area contributed by atoms with Crippen LogP contribution >= 0.6 is 15.8 Å². The molecule has 6 atom stereocenters. The molecular formula is C42H40O2P2. The summed E-state index contributed by atoms with van der Waals surface area (Å²) in [4.78, 5) is 0. The Morgan fingerprint density at radius 3 is 1.07 bits per heavy atom. The van der Waals surface area contributed by atoms with Crippen LogP contribution in [0.5, 0.6) is 0 Å². The number of hydrogen-bond donors (Lipinski definition) is 2. The van der Waals surface area contributed by atoms with Crippen molar-refractivity contribution in [1.82, 2.24) is 0 Å². The van der Waals surface area contributed by atoms with Crippen molar-refractivity contribution in [2.24, 2.45) is 10.8 Å². The Bertz CT molecular complexity index is 1810. The van der Waals surface area contributed by atoms with Gasteiger partial charge in [0, 0.05) is 10.8 Å². The summed E-state index contributed by atoms with van der Waals surface area (Å²) in [6, 6.07) is 42.7. The van der Waals surface area contributed by atoms with Crippen molar-refractivity contribution >= 4 is 37.6 Å². The predicted octanol–water partition coefficient (Wildman–Crippen LogP) is 10.4. The first-order valence-electron chi connectivity index (χ1n) is 16.3. The highest BCUT2D eigenvalue weighted by Gasteiger charge is 2.57. The van der Waals surface area contributed by atoms with Gasteiger partial charge < -0.3 is 10.2 Å². The maximum absolute atomic E-state index is 12.7. The van der Waals surface area contributed by atoms with Gasteiger partial charge in [0.05, 0.1) is 0 Å². The fraction of sp³-hybridized carbons (Fsp3) is 0.238. The van der Waals surface area contributed by atoms with Crippen molar-refractivity contribution < 1.29 is 10.2 Å². The van der Waals surface area contributed by atoms with Crippen LogP contribution in [0.25, 0.3) is 21.8 Å². The van der Waals surface area contributed by atoms with E-state index in [0.29, 0.717) is 0 Å². The lowest BCUT2D eigenvalue weighted by Crippen LogP contribution is -2.31. The summed E-state index contributed by atoms with van der Waals surface area (Å²) in [6.45, 7) is 9.31. The monoisotopic (exact) mass is 638 g/mol. The Balaban J connectivity index is 1.31. The van der Waals surface area contributed by atoms with E-state index in [4.69, 9.17) is 0 Å². The first-order chi connectivity index (χ1) is 22.3. The molecule has 4 heteroatoms. The van der Waals surface area contributed by atoms with Crippen LogP contribution in [0.1, 0.15) is 49.9 Å². The summed E-state index contributed by atoms with van der Waals surface area (Å²) >= 11 is 0. The minimum absolute atomic E-state index is 0.192. The molecule has 0 saturated carbocycles. The second-order valence-electron chi connectivity index (χ2n) is 13.7. The maximum Gasteiger partial charge on any atom is 0.110 e. The highest BCUT2D eigenvalue weighted by atomic mass is 31.1. The standard InChI is InChI=1S/C42H40O2P2/c1-27-37(31-21-13-7-14-22-31)45-25-41(27,3)33(29-17-9-5-10-18-29)39(45)35(43)36(44)40-34(30-19-11-6-12-20-30)42(4)26-46(40)38(28(42)2)32-23-15-8-16-24-32/h5-24,35-36,43-44H,25-26H2,1-4H3/t35-,36-,41-,42-,45-,46-/m0/s1. The molecule has 2 nitrogen and oxygen atoms in total. The van der Waals surface area contributed by atoms with E-state index < -0.39 is 28.1 Å². The molecule has 2 N–H and O–H groups in total. The molecule has 4 aliphatic rings. The molecule has 0 unspecified atom stereocenters. The SMILES string of the molecule is CC1=C(c2ccccc2)[P@]2C[C@]1(C)C(c1ccccc1)=C2[C@@H](O)[C@H](O)C1=C(c2ccccc2)[C@@]2(C)C[P@@]1C(c1ccccc1)=C2C. The van der Waals surface area contributed by atoms with Gasteiger partial charge in [0.1, 0.15) is 12.2 Å². The molecule has 4 aromatic rings. The summed E-state index contributed by atoms with van der Waals surface area (Å²) in [7, 11) is -1.68. The lowest BCUT2D eigenvalue weighted by atomic mass is 9.72. The summed E-state index contributed by atoms with van der Waals surface area (Å²) < 4.78 is 0. The average Bonchev–Trinajstić information content (AvgIpc) is 3.75. The second kappa shape index (κ2) is 11.1. The first kappa shape index (κ1) is 30.0. The van der Waals surface area contributed by atoms with Crippen LogP contribution in [-0.4, -0.2) is 34.7 Å². The summed E-state index contributed by atoms with van der Waals surface area (Å²) in [5.41, 5.74) is 9.67. The van der Waals surface area contributed by atoms with Gasteiger partial charge in [-0.15, -0.1) is 0 Å². The maximum atomic E-state index is 12.7. The van der Waals surface area contributed by atoms with Gasteiger partial charge in [-0.1, -0.05) is 146 Å². The fourth-order valence-corrected chi connectivity index (χ4v) is 16.4. The zero-order valence-electron chi connectivity index (χ0n) is 26.9. The Kier molecular flexibility index (Phi) is 7.24. The molecule has 230 valence electrons. The summed E-state index contributed by atoms with van der Waals surface area (Å²) in [6.07, 6.45) is -0.0296. The molecule has 0 fully saturated rings. The number of rotatable bonds is 7. The highest BCUT2D eigenvalue weighted by Crippen LogP contribution is 2.81. The molecule has 4 bridgehead atoms. The molecule has 0 saturated heterocycles. The Hall–Kier alpha value is -3.38. The number of fused-ring (bicyclic) bond motifs is 4. The van der Waals surface area contributed by atoms with E-state index in [1.165, 1.54) is 44.0 Å². The summed E-state index contributed by atoms with van der Waals surface area (Å²) in [5.74, 6) is 0. The molecule has 0 radical (unpaired) electrons. The smallest absolute Gasteiger partial charge is 0.110 e. The predicted molar refractivity (Wildman–Crippen MR) is 197 cm³/mol. The summed E-state index contributed by atoms with van der Waals surface area (Å²) in [5, 5.41) is 30.4. The van der Waals surface area contributed by atoms with Crippen molar-refractivity contribution in [3.05, 3.63) is 165 Å². The van der Waals surface area contributed by atoms with E-state index >= 15 is 0 Å². The highest BCUT2D eigenvalue weighted by molar-refractivity contribution is 7.74. The zero-order valence-corrected chi connectivity index (χ0v) is 28.7. The second-order valence-corrected chi connectivity index (χ2v) is 17.9. The van der Waals surface area contributed by atoms with Crippen LogP contribution in [0.3, 0.4) is 0 Å². The molecule has 8 rings (SSSR count). The van der Waals surface area contributed by atoms with Gasteiger partial charge in [0.15, 0.2) is 0 Å². The molecule has 4 aromatic carbocycles. The fourth-order valence-electron chi connectivity index (χ4n) is 8.73. The third-order valence-corrected chi connectivity index (χ3v) is 17.4. The zero-order chi connectivity index (χ0) is 31.8. The number of aliphatic hydroxyl groups is 2. The van der Waals surface area contributed by atoms with Crippen LogP contribution in [0.2, 0.25) is 0 Å². The molecule has 0 aromatic heterocycles. The lowest BCUT2D eigenvalue weighted by molar-refractivity contribution is 0.0759. The van der Waals surface area contributed by atoms with E-state index in [-0.39, 0.29) is 10.8 Å². The molecular weight excluding hydrogens is 598 g/mol. The average molecular weight is 639 g/mol. The molecule has 46 heavy (non-hydrogen) atoms. The van der Waals surface area contributed by atoms with Gasteiger partial charge in [0.2, 0.25) is 0 Å².